The van der Waals surface area contributed by atoms with Gasteiger partial charge in [-0.05, 0) is 39.2 Å². The van der Waals surface area contributed by atoms with Crippen LogP contribution in [-0.2, 0) is 16.0 Å². The first-order valence-corrected chi connectivity index (χ1v) is 7.58. The molecular weight excluding hydrogens is 264 g/mol. The first-order chi connectivity index (χ1) is 9.93. The zero-order valence-electron chi connectivity index (χ0n) is 13.4. The van der Waals surface area contributed by atoms with E-state index in [0.29, 0.717) is 6.54 Å². The number of aryl methyl sites for hydroxylation is 1. The van der Waals surface area contributed by atoms with E-state index in [0.717, 1.165) is 12.8 Å². The average molecular weight is 290 g/mol. The predicted molar refractivity (Wildman–Crippen MR) is 83.9 cm³/mol. The van der Waals surface area contributed by atoms with E-state index < -0.39 is 0 Å². The SMILES string of the molecule is COC(C)(C)CN1C(=O)C(CCc2ccccc2)NC1C. The van der Waals surface area contributed by atoms with Gasteiger partial charge in [0.15, 0.2) is 0 Å². The molecule has 1 saturated heterocycles. The Labute approximate surface area is 127 Å². The lowest BCUT2D eigenvalue weighted by Gasteiger charge is -2.31. The van der Waals surface area contributed by atoms with E-state index in [4.69, 9.17) is 4.74 Å². The Kier molecular flexibility index (Phi) is 5.01. The number of amides is 1. The van der Waals surface area contributed by atoms with Gasteiger partial charge in [0.05, 0.1) is 24.4 Å². The fourth-order valence-corrected chi connectivity index (χ4v) is 2.70. The van der Waals surface area contributed by atoms with Crippen molar-refractivity contribution in [2.24, 2.45) is 0 Å². The van der Waals surface area contributed by atoms with Crippen LogP contribution in [0, 0.1) is 0 Å². The average Bonchev–Trinajstić information content (AvgIpc) is 2.73. The molecule has 0 radical (unpaired) electrons. The second-order valence-corrected chi connectivity index (χ2v) is 6.35. The molecule has 1 N–H and O–H groups in total. The third kappa shape index (κ3) is 4.05. The molecule has 1 heterocycles. The third-order valence-corrected chi connectivity index (χ3v) is 4.16. The van der Waals surface area contributed by atoms with Gasteiger partial charge in [-0.3, -0.25) is 10.1 Å². The van der Waals surface area contributed by atoms with Crippen molar-refractivity contribution in [3.8, 4) is 0 Å². The van der Waals surface area contributed by atoms with Crippen molar-refractivity contribution < 1.29 is 9.53 Å². The maximum Gasteiger partial charge on any atom is 0.241 e. The van der Waals surface area contributed by atoms with Crippen molar-refractivity contribution >= 4 is 5.91 Å². The highest BCUT2D eigenvalue weighted by molar-refractivity contribution is 5.84. The van der Waals surface area contributed by atoms with Gasteiger partial charge >= 0.3 is 0 Å². The quantitative estimate of drug-likeness (QED) is 0.873. The molecule has 2 rings (SSSR count). The van der Waals surface area contributed by atoms with Crippen LogP contribution in [0.5, 0.6) is 0 Å². The van der Waals surface area contributed by atoms with Gasteiger partial charge in [-0.1, -0.05) is 30.3 Å². The summed E-state index contributed by atoms with van der Waals surface area (Å²) in [6, 6.07) is 10.2. The van der Waals surface area contributed by atoms with E-state index in [2.05, 4.69) is 17.4 Å². The number of rotatable bonds is 6. The zero-order chi connectivity index (χ0) is 15.5. The van der Waals surface area contributed by atoms with Crippen LogP contribution in [0.3, 0.4) is 0 Å². The Bertz CT molecular complexity index is 473. The summed E-state index contributed by atoms with van der Waals surface area (Å²) < 4.78 is 5.44. The highest BCUT2D eigenvalue weighted by Crippen LogP contribution is 2.19. The van der Waals surface area contributed by atoms with Crippen LogP contribution in [0.4, 0.5) is 0 Å². The van der Waals surface area contributed by atoms with Crippen molar-refractivity contribution in [3.05, 3.63) is 35.9 Å². The molecule has 4 nitrogen and oxygen atoms in total. The molecule has 1 aromatic carbocycles. The molecule has 1 aliphatic heterocycles. The van der Waals surface area contributed by atoms with Crippen LogP contribution in [0.15, 0.2) is 30.3 Å². The maximum absolute atomic E-state index is 12.5. The Morgan fingerprint density at radius 2 is 1.95 bits per heavy atom. The van der Waals surface area contributed by atoms with Gasteiger partial charge in [0, 0.05) is 7.11 Å². The molecule has 1 aromatic rings. The van der Waals surface area contributed by atoms with E-state index in [1.165, 1.54) is 5.56 Å². The van der Waals surface area contributed by atoms with E-state index in [-0.39, 0.29) is 23.7 Å². The Morgan fingerprint density at radius 1 is 1.29 bits per heavy atom. The van der Waals surface area contributed by atoms with Crippen LogP contribution in [0.25, 0.3) is 0 Å². The van der Waals surface area contributed by atoms with Gasteiger partial charge in [0.25, 0.3) is 0 Å². The van der Waals surface area contributed by atoms with E-state index in [1.54, 1.807) is 7.11 Å². The largest absolute Gasteiger partial charge is 0.377 e. The second-order valence-electron chi connectivity index (χ2n) is 6.35. The Hall–Kier alpha value is -1.39. The molecule has 0 aliphatic carbocycles. The van der Waals surface area contributed by atoms with Gasteiger partial charge in [-0.2, -0.15) is 0 Å². The molecule has 0 aromatic heterocycles. The summed E-state index contributed by atoms with van der Waals surface area (Å²) in [5.74, 6) is 0.184. The van der Waals surface area contributed by atoms with Crippen LogP contribution in [0.2, 0.25) is 0 Å². The molecule has 21 heavy (non-hydrogen) atoms. The summed E-state index contributed by atoms with van der Waals surface area (Å²) in [4.78, 5) is 14.4. The molecular formula is C17H26N2O2. The van der Waals surface area contributed by atoms with Crippen molar-refractivity contribution in [2.45, 2.75) is 51.4 Å². The van der Waals surface area contributed by atoms with Gasteiger partial charge < -0.3 is 9.64 Å². The number of methoxy groups -OCH3 is 1. The molecule has 1 amide bonds. The van der Waals surface area contributed by atoms with E-state index in [1.807, 2.05) is 43.9 Å². The molecule has 0 saturated carbocycles. The highest BCUT2D eigenvalue weighted by atomic mass is 16.5. The molecule has 1 aliphatic rings. The summed E-state index contributed by atoms with van der Waals surface area (Å²) in [6.45, 7) is 6.65. The first kappa shape index (κ1) is 16.0. The van der Waals surface area contributed by atoms with E-state index >= 15 is 0 Å². The molecule has 4 heteroatoms. The number of benzene rings is 1. The standard InChI is InChI=1S/C17H26N2O2/c1-13-18-15(11-10-14-8-6-5-7-9-14)16(20)19(13)12-17(2,3)21-4/h5-9,13,15,18H,10-12H2,1-4H3. The highest BCUT2D eigenvalue weighted by Gasteiger charge is 2.38. The minimum absolute atomic E-state index is 0.0627. The minimum Gasteiger partial charge on any atom is -0.377 e. The number of nitrogens with one attached hydrogen (secondary N) is 1. The summed E-state index contributed by atoms with van der Waals surface area (Å²) >= 11 is 0. The van der Waals surface area contributed by atoms with Crippen molar-refractivity contribution in [3.63, 3.8) is 0 Å². The van der Waals surface area contributed by atoms with Gasteiger partial charge in [-0.25, -0.2) is 0 Å². The van der Waals surface area contributed by atoms with Crippen LogP contribution >= 0.6 is 0 Å². The summed E-state index contributed by atoms with van der Waals surface area (Å²) in [5.41, 5.74) is 0.954. The Morgan fingerprint density at radius 3 is 2.57 bits per heavy atom. The fourth-order valence-electron chi connectivity index (χ4n) is 2.70. The molecule has 116 valence electrons. The van der Waals surface area contributed by atoms with Crippen molar-refractivity contribution in [2.75, 3.05) is 13.7 Å². The van der Waals surface area contributed by atoms with Crippen LogP contribution in [0.1, 0.15) is 32.8 Å². The third-order valence-electron chi connectivity index (χ3n) is 4.16. The monoisotopic (exact) mass is 290 g/mol. The number of hydrogen-bond acceptors (Lipinski definition) is 3. The number of hydrogen-bond donors (Lipinski definition) is 1. The topological polar surface area (TPSA) is 41.6 Å². The van der Waals surface area contributed by atoms with Crippen molar-refractivity contribution in [1.82, 2.24) is 10.2 Å². The lowest BCUT2D eigenvalue weighted by atomic mass is 10.0. The maximum atomic E-state index is 12.5. The smallest absolute Gasteiger partial charge is 0.241 e. The molecule has 1 fully saturated rings. The van der Waals surface area contributed by atoms with Gasteiger partial charge in [-0.15, -0.1) is 0 Å². The number of carbonyl (C=O) groups excluding carboxylic acids is 1. The predicted octanol–water partition coefficient (Wildman–Crippen LogP) is 2.19. The number of ether oxygens (including phenoxy) is 1. The molecule has 0 bridgehead atoms. The van der Waals surface area contributed by atoms with Gasteiger partial charge in [0.1, 0.15) is 0 Å². The summed E-state index contributed by atoms with van der Waals surface area (Å²) in [6.07, 6.45) is 1.81. The lowest BCUT2D eigenvalue weighted by molar-refractivity contribution is -0.133. The first-order valence-electron chi connectivity index (χ1n) is 7.58. The summed E-state index contributed by atoms with van der Waals surface area (Å²) in [7, 11) is 1.69. The summed E-state index contributed by atoms with van der Waals surface area (Å²) in [5, 5.41) is 3.39. The number of carbonyl (C=O) groups is 1. The minimum atomic E-state index is -0.320. The number of nitrogens with zero attached hydrogens (tertiary/aromatic N) is 1. The van der Waals surface area contributed by atoms with Gasteiger partial charge in [0.2, 0.25) is 5.91 Å². The molecule has 0 spiro atoms. The van der Waals surface area contributed by atoms with E-state index in [9.17, 15) is 4.79 Å². The van der Waals surface area contributed by atoms with Crippen LogP contribution in [-0.4, -0.2) is 42.3 Å². The fraction of sp³-hybridized carbons (Fsp3) is 0.588. The normalized spacial score (nSPS) is 22.9. The second kappa shape index (κ2) is 6.58. The molecule has 2 unspecified atom stereocenters. The lowest BCUT2D eigenvalue weighted by Crippen LogP contribution is -2.45. The van der Waals surface area contributed by atoms with Crippen LogP contribution < -0.4 is 5.32 Å². The Balaban J connectivity index is 1.93. The zero-order valence-corrected chi connectivity index (χ0v) is 13.4. The van der Waals surface area contributed by atoms with Crippen molar-refractivity contribution in [1.29, 1.82) is 0 Å². The molecule has 2 atom stereocenters.